The highest BCUT2D eigenvalue weighted by atomic mass is 16.5. The van der Waals surface area contributed by atoms with Crippen molar-refractivity contribution in [1.82, 2.24) is 0 Å². The molecule has 2 amide bonds. The molecule has 0 bridgehead atoms. The molecule has 1 aromatic rings. The molecule has 0 spiro atoms. The van der Waals surface area contributed by atoms with Gasteiger partial charge in [0.1, 0.15) is 0 Å². The molecule has 4 N–H and O–H groups in total. The van der Waals surface area contributed by atoms with E-state index in [-0.39, 0.29) is 30.9 Å². The SMILES string of the molecule is COC(CN)CC(=O)Nc1cc(C)ccc1NC(C)=O. The number of ether oxygens (including phenoxy) is 1. The number of methoxy groups -OCH3 is 1. The van der Waals surface area contributed by atoms with Gasteiger partial charge in [0, 0.05) is 20.6 Å². The van der Waals surface area contributed by atoms with Crippen LogP contribution in [-0.2, 0) is 14.3 Å². The molecule has 0 aliphatic heterocycles. The fraction of sp³-hybridized carbons (Fsp3) is 0.429. The molecule has 0 aromatic heterocycles. The Kier molecular flexibility index (Phi) is 6.14. The average molecular weight is 279 g/mol. The van der Waals surface area contributed by atoms with Crippen molar-refractivity contribution in [3.63, 3.8) is 0 Å². The Labute approximate surface area is 118 Å². The van der Waals surface area contributed by atoms with Crippen molar-refractivity contribution in [1.29, 1.82) is 0 Å². The maximum Gasteiger partial charge on any atom is 0.227 e. The van der Waals surface area contributed by atoms with E-state index >= 15 is 0 Å². The summed E-state index contributed by atoms with van der Waals surface area (Å²) < 4.78 is 5.07. The van der Waals surface area contributed by atoms with E-state index in [1.165, 1.54) is 14.0 Å². The van der Waals surface area contributed by atoms with Crippen molar-refractivity contribution in [2.24, 2.45) is 5.73 Å². The highest BCUT2D eigenvalue weighted by Gasteiger charge is 2.13. The quantitative estimate of drug-likeness (QED) is 0.730. The molecule has 1 aromatic carbocycles. The molecule has 6 nitrogen and oxygen atoms in total. The van der Waals surface area contributed by atoms with Crippen LogP contribution in [0.15, 0.2) is 18.2 Å². The van der Waals surface area contributed by atoms with Crippen LogP contribution in [0.25, 0.3) is 0 Å². The summed E-state index contributed by atoms with van der Waals surface area (Å²) in [5, 5.41) is 5.44. The standard InChI is InChI=1S/C14H21N3O3/c1-9-4-5-12(16-10(2)18)13(6-9)17-14(19)7-11(8-15)20-3/h4-6,11H,7-8,15H2,1-3H3,(H,16,18)(H,17,19). The normalized spacial score (nSPS) is 11.8. The fourth-order valence-corrected chi connectivity index (χ4v) is 1.73. The number of anilines is 2. The lowest BCUT2D eigenvalue weighted by molar-refractivity contribution is -0.118. The first kappa shape index (κ1) is 16.1. The zero-order valence-corrected chi connectivity index (χ0v) is 12.0. The van der Waals surface area contributed by atoms with Crippen LogP contribution in [-0.4, -0.2) is 31.6 Å². The van der Waals surface area contributed by atoms with E-state index in [0.717, 1.165) is 5.56 Å². The number of benzene rings is 1. The second-order valence-electron chi connectivity index (χ2n) is 4.58. The van der Waals surface area contributed by atoms with Crippen LogP contribution < -0.4 is 16.4 Å². The highest BCUT2D eigenvalue weighted by molar-refractivity contribution is 5.99. The molecule has 6 heteroatoms. The molecule has 20 heavy (non-hydrogen) atoms. The number of carbonyl (C=O) groups is 2. The van der Waals surface area contributed by atoms with Gasteiger partial charge in [-0.2, -0.15) is 0 Å². The third-order valence-electron chi connectivity index (χ3n) is 2.77. The van der Waals surface area contributed by atoms with Crippen molar-refractivity contribution >= 4 is 23.2 Å². The lowest BCUT2D eigenvalue weighted by Gasteiger charge is -2.15. The number of aryl methyl sites for hydroxylation is 1. The fourth-order valence-electron chi connectivity index (χ4n) is 1.73. The van der Waals surface area contributed by atoms with Crippen LogP contribution in [0.3, 0.4) is 0 Å². The Morgan fingerprint density at radius 2 is 2.00 bits per heavy atom. The number of amides is 2. The van der Waals surface area contributed by atoms with Gasteiger partial charge in [-0.15, -0.1) is 0 Å². The molecule has 0 fully saturated rings. The van der Waals surface area contributed by atoms with Gasteiger partial charge in [-0.25, -0.2) is 0 Å². The third kappa shape index (κ3) is 4.99. The number of nitrogens with two attached hydrogens (primary N) is 1. The predicted molar refractivity (Wildman–Crippen MR) is 78.6 cm³/mol. The number of carbonyl (C=O) groups excluding carboxylic acids is 2. The van der Waals surface area contributed by atoms with Gasteiger partial charge in [0.15, 0.2) is 0 Å². The smallest absolute Gasteiger partial charge is 0.227 e. The van der Waals surface area contributed by atoms with Crippen molar-refractivity contribution in [3.05, 3.63) is 23.8 Å². The lowest BCUT2D eigenvalue weighted by Crippen LogP contribution is -2.28. The summed E-state index contributed by atoms with van der Waals surface area (Å²) in [5.74, 6) is -0.402. The zero-order valence-electron chi connectivity index (χ0n) is 12.0. The number of rotatable bonds is 6. The predicted octanol–water partition coefficient (Wildman–Crippen LogP) is 1.26. The first-order chi connectivity index (χ1) is 9.46. The maximum absolute atomic E-state index is 11.9. The van der Waals surface area contributed by atoms with Crippen LogP contribution in [0.5, 0.6) is 0 Å². The molecule has 0 heterocycles. The second kappa shape index (κ2) is 7.62. The molecule has 1 atom stereocenters. The van der Waals surface area contributed by atoms with Gasteiger partial charge >= 0.3 is 0 Å². The molecule has 0 aliphatic carbocycles. The average Bonchev–Trinajstić information content (AvgIpc) is 2.38. The van der Waals surface area contributed by atoms with E-state index in [0.29, 0.717) is 11.4 Å². The molecule has 0 aliphatic rings. The number of hydrogen-bond acceptors (Lipinski definition) is 4. The van der Waals surface area contributed by atoms with E-state index in [2.05, 4.69) is 10.6 Å². The van der Waals surface area contributed by atoms with Crippen molar-refractivity contribution < 1.29 is 14.3 Å². The van der Waals surface area contributed by atoms with Gasteiger partial charge in [0.05, 0.1) is 23.9 Å². The summed E-state index contributed by atoms with van der Waals surface area (Å²) in [6.07, 6.45) is -0.149. The second-order valence-corrected chi connectivity index (χ2v) is 4.58. The first-order valence-corrected chi connectivity index (χ1v) is 6.37. The molecule has 0 saturated carbocycles. The summed E-state index contributed by atoms with van der Waals surface area (Å²) in [6, 6.07) is 5.41. The Balaban J connectivity index is 2.82. The van der Waals surface area contributed by atoms with Gasteiger partial charge in [0.2, 0.25) is 11.8 Å². The summed E-state index contributed by atoms with van der Waals surface area (Å²) in [4.78, 5) is 23.1. The van der Waals surface area contributed by atoms with E-state index in [4.69, 9.17) is 10.5 Å². The summed E-state index contributed by atoms with van der Waals surface area (Å²) >= 11 is 0. The topological polar surface area (TPSA) is 93.4 Å². The molecule has 1 unspecified atom stereocenters. The minimum Gasteiger partial charge on any atom is -0.380 e. The molecular weight excluding hydrogens is 258 g/mol. The Bertz CT molecular complexity index is 485. The minimum atomic E-state index is -0.316. The first-order valence-electron chi connectivity index (χ1n) is 6.37. The molecule has 110 valence electrons. The molecule has 1 rings (SSSR count). The van der Waals surface area contributed by atoms with E-state index in [9.17, 15) is 9.59 Å². The van der Waals surface area contributed by atoms with Gasteiger partial charge in [-0.3, -0.25) is 9.59 Å². The highest BCUT2D eigenvalue weighted by Crippen LogP contribution is 2.23. The molecule has 0 saturated heterocycles. The molecular formula is C14H21N3O3. The van der Waals surface area contributed by atoms with Gasteiger partial charge in [-0.05, 0) is 24.6 Å². The Morgan fingerprint density at radius 1 is 1.30 bits per heavy atom. The van der Waals surface area contributed by atoms with Crippen LogP contribution in [0, 0.1) is 6.92 Å². The van der Waals surface area contributed by atoms with Gasteiger partial charge in [0.25, 0.3) is 0 Å². The van der Waals surface area contributed by atoms with Crippen molar-refractivity contribution in [3.8, 4) is 0 Å². The number of nitrogens with one attached hydrogen (secondary N) is 2. The summed E-state index contributed by atoms with van der Waals surface area (Å²) in [7, 11) is 1.51. The van der Waals surface area contributed by atoms with Crippen molar-refractivity contribution in [2.75, 3.05) is 24.3 Å². The largest absolute Gasteiger partial charge is 0.380 e. The lowest BCUT2D eigenvalue weighted by atomic mass is 10.1. The maximum atomic E-state index is 11.9. The van der Waals surface area contributed by atoms with Crippen molar-refractivity contribution in [2.45, 2.75) is 26.4 Å². The van der Waals surface area contributed by atoms with Crippen LogP contribution >= 0.6 is 0 Å². The minimum absolute atomic E-state index is 0.167. The molecule has 0 radical (unpaired) electrons. The Morgan fingerprint density at radius 3 is 2.55 bits per heavy atom. The monoisotopic (exact) mass is 279 g/mol. The van der Waals surface area contributed by atoms with Crippen LogP contribution in [0.2, 0.25) is 0 Å². The summed E-state index contributed by atoms with van der Waals surface area (Å²) in [5.41, 5.74) is 7.60. The summed E-state index contributed by atoms with van der Waals surface area (Å²) in [6.45, 7) is 3.60. The van der Waals surface area contributed by atoms with E-state index in [1.807, 2.05) is 13.0 Å². The van der Waals surface area contributed by atoms with Gasteiger partial charge in [-0.1, -0.05) is 6.07 Å². The van der Waals surface area contributed by atoms with Gasteiger partial charge < -0.3 is 21.1 Å². The third-order valence-corrected chi connectivity index (χ3v) is 2.77. The Hall–Kier alpha value is -1.92. The number of hydrogen-bond donors (Lipinski definition) is 3. The zero-order chi connectivity index (χ0) is 15.1. The van der Waals surface area contributed by atoms with E-state index < -0.39 is 0 Å². The van der Waals surface area contributed by atoms with Crippen LogP contribution in [0.1, 0.15) is 18.9 Å². The van der Waals surface area contributed by atoms with E-state index in [1.54, 1.807) is 12.1 Å². The van der Waals surface area contributed by atoms with Crippen LogP contribution in [0.4, 0.5) is 11.4 Å².